The van der Waals surface area contributed by atoms with E-state index in [2.05, 4.69) is 118 Å². The molecular weight excluding hydrogens is 470 g/mol. The van der Waals surface area contributed by atoms with Crippen LogP contribution in [0.25, 0.3) is 22.3 Å². The summed E-state index contributed by atoms with van der Waals surface area (Å²) in [6, 6.07) is 25.9. The van der Waals surface area contributed by atoms with Crippen molar-refractivity contribution in [3.63, 3.8) is 0 Å². The van der Waals surface area contributed by atoms with Gasteiger partial charge in [-0.3, -0.25) is 0 Å². The molecule has 3 rings (SSSR count). The maximum Gasteiger partial charge on any atom is 0.0136 e. The van der Waals surface area contributed by atoms with Crippen LogP contribution < -0.4 is 0 Å². The fraction of sp³-hybridized carbons (Fsp3) is 0. The molecule has 0 aliphatic carbocycles. The lowest BCUT2D eigenvalue weighted by Gasteiger charge is -2.11. The van der Waals surface area contributed by atoms with Crippen LogP contribution in [0.1, 0.15) is 0 Å². The Morgan fingerprint density at radius 1 is 0.500 bits per heavy atom. The summed E-state index contributed by atoms with van der Waals surface area (Å²) in [5.74, 6) is 0. The highest BCUT2D eigenvalue weighted by atomic mass is 127. The second-order valence-electron chi connectivity index (χ2n) is 4.56. The Labute approximate surface area is 146 Å². The van der Waals surface area contributed by atoms with Crippen LogP contribution in [-0.4, -0.2) is 0 Å². The van der Waals surface area contributed by atoms with Crippen molar-refractivity contribution in [3.05, 3.63) is 79.9 Å². The van der Waals surface area contributed by atoms with Gasteiger partial charge in [0.1, 0.15) is 0 Å². The predicted molar refractivity (Wildman–Crippen MR) is 103 cm³/mol. The normalized spacial score (nSPS) is 10.5. The molecule has 0 aliphatic rings. The third kappa shape index (κ3) is 3.06. The van der Waals surface area contributed by atoms with Crippen molar-refractivity contribution in [2.75, 3.05) is 0 Å². The standard InChI is InChI=1S/C18H12I2/c19-15-8-6-14(7-9-15)18-12-16(20)10-11-17(18)13-4-2-1-3-5-13/h1-12H. The Morgan fingerprint density at radius 3 is 1.80 bits per heavy atom. The largest absolute Gasteiger partial charge is 0.0622 e. The number of benzene rings is 3. The maximum atomic E-state index is 2.37. The average molecular weight is 482 g/mol. The molecule has 20 heavy (non-hydrogen) atoms. The molecule has 0 atom stereocenters. The van der Waals surface area contributed by atoms with Gasteiger partial charge in [0.15, 0.2) is 0 Å². The second-order valence-corrected chi connectivity index (χ2v) is 7.05. The van der Waals surface area contributed by atoms with Crippen LogP contribution in [-0.2, 0) is 0 Å². The molecule has 0 bridgehead atoms. The lowest BCUT2D eigenvalue weighted by Crippen LogP contribution is -1.87. The van der Waals surface area contributed by atoms with E-state index in [9.17, 15) is 0 Å². The summed E-state index contributed by atoms with van der Waals surface area (Å²) in [5, 5.41) is 0. The molecule has 98 valence electrons. The van der Waals surface area contributed by atoms with Crippen LogP contribution in [0.15, 0.2) is 72.8 Å². The molecule has 0 nitrogen and oxygen atoms in total. The first-order valence-corrected chi connectivity index (χ1v) is 8.51. The molecule has 0 unspecified atom stereocenters. The van der Waals surface area contributed by atoms with Gasteiger partial charge >= 0.3 is 0 Å². The van der Waals surface area contributed by atoms with E-state index in [1.54, 1.807) is 0 Å². The van der Waals surface area contributed by atoms with Crippen molar-refractivity contribution in [2.24, 2.45) is 0 Å². The van der Waals surface area contributed by atoms with E-state index in [0.717, 1.165) is 0 Å². The van der Waals surface area contributed by atoms with Crippen LogP contribution in [0.5, 0.6) is 0 Å². The van der Waals surface area contributed by atoms with Gasteiger partial charge in [-0.2, -0.15) is 0 Å². The molecular formula is C18H12I2. The average Bonchev–Trinajstić information content (AvgIpc) is 2.49. The Hall–Kier alpha value is -0.880. The molecule has 0 heterocycles. The van der Waals surface area contributed by atoms with Gasteiger partial charge in [-0.1, -0.05) is 48.5 Å². The van der Waals surface area contributed by atoms with Gasteiger partial charge in [-0.25, -0.2) is 0 Å². The predicted octanol–water partition coefficient (Wildman–Crippen LogP) is 6.23. The molecule has 0 N–H and O–H groups in total. The monoisotopic (exact) mass is 482 g/mol. The SMILES string of the molecule is Ic1ccc(-c2cc(I)ccc2-c2ccccc2)cc1. The zero-order valence-electron chi connectivity index (χ0n) is 10.7. The number of halogens is 2. The van der Waals surface area contributed by atoms with Crippen LogP contribution in [0, 0.1) is 7.14 Å². The van der Waals surface area contributed by atoms with Crippen molar-refractivity contribution in [3.8, 4) is 22.3 Å². The zero-order chi connectivity index (χ0) is 13.9. The van der Waals surface area contributed by atoms with Crippen LogP contribution in [0.4, 0.5) is 0 Å². The molecule has 0 spiro atoms. The first kappa shape index (κ1) is 14.1. The van der Waals surface area contributed by atoms with Gasteiger partial charge in [0, 0.05) is 7.14 Å². The Morgan fingerprint density at radius 2 is 1.10 bits per heavy atom. The first-order valence-electron chi connectivity index (χ1n) is 6.35. The highest BCUT2D eigenvalue weighted by Crippen LogP contribution is 2.33. The van der Waals surface area contributed by atoms with E-state index in [1.807, 2.05) is 0 Å². The molecule has 0 amide bonds. The zero-order valence-corrected chi connectivity index (χ0v) is 15.0. The fourth-order valence-electron chi connectivity index (χ4n) is 2.25. The van der Waals surface area contributed by atoms with Crippen molar-refractivity contribution in [1.82, 2.24) is 0 Å². The second kappa shape index (κ2) is 6.26. The fourth-order valence-corrected chi connectivity index (χ4v) is 3.10. The highest BCUT2D eigenvalue weighted by Gasteiger charge is 2.07. The molecule has 0 fully saturated rings. The topological polar surface area (TPSA) is 0 Å². The minimum Gasteiger partial charge on any atom is -0.0622 e. The van der Waals surface area contributed by atoms with E-state index < -0.39 is 0 Å². The van der Waals surface area contributed by atoms with Gasteiger partial charge in [0.05, 0.1) is 0 Å². The number of rotatable bonds is 2. The summed E-state index contributed by atoms with van der Waals surface area (Å²) in [4.78, 5) is 0. The van der Waals surface area contributed by atoms with Crippen LogP contribution in [0.2, 0.25) is 0 Å². The number of hydrogen-bond acceptors (Lipinski definition) is 0. The summed E-state index contributed by atoms with van der Waals surface area (Å²) >= 11 is 4.71. The van der Waals surface area contributed by atoms with E-state index in [1.165, 1.54) is 29.4 Å². The minimum absolute atomic E-state index is 1.26. The molecule has 0 saturated carbocycles. The van der Waals surface area contributed by atoms with Gasteiger partial charge < -0.3 is 0 Å². The molecule has 3 aromatic carbocycles. The van der Waals surface area contributed by atoms with Gasteiger partial charge in [0.2, 0.25) is 0 Å². The molecule has 0 aliphatic heterocycles. The van der Waals surface area contributed by atoms with Crippen molar-refractivity contribution in [1.29, 1.82) is 0 Å². The Kier molecular flexibility index (Phi) is 4.41. The molecule has 3 aromatic rings. The maximum absolute atomic E-state index is 2.37. The Bertz CT molecular complexity index is 716. The summed E-state index contributed by atoms with van der Waals surface area (Å²) in [6.07, 6.45) is 0. The number of hydrogen-bond donors (Lipinski definition) is 0. The minimum atomic E-state index is 1.26. The lowest BCUT2D eigenvalue weighted by atomic mass is 9.95. The smallest absolute Gasteiger partial charge is 0.0136 e. The van der Waals surface area contributed by atoms with E-state index in [0.29, 0.717) is 0 Å². The van der Waals surface area contributed by atoms with E-state index in [4.69, 9.17) is 0 Å². The van der Waals surface area contributed by atoms with Crippen LogP contribution in [0.3, 0.4) is 0 Å². The van der Waals surface area contributed by atoms with E-state index >= 15 is 0 Å². The molecule has 0 radical (unpaired) electrons. The first-order chi connectivity index (χ1) is 9.74. The van der Waals surface area contributed by atoms with Gasteiger partial charge in [0.25, 0.3) is 0 Å². The van der Waals surface area contributed by atoms with Crippen molar-refractivity contribution in [2.45, 2.75) is 0 Å². The van der Waals surface area contributed by atoms with Crippen molar-refractivity contribution < 1.29 is 0 Å². The molecule has 0 aromatic heterocycles. The molecule has 2 heteroatoms. The summed E-state index contributed by atoms with van der Waals surface area (Å²) in [7, 11) is 0. The quantitative estimate of drug-likeness (QED) is 0.380. The third-order valence-corrected chi connectivity index (χ3v) is 4.61. The molecule has 0 saturated heterocycles. The van der Waals surface area contributed by atoms with Crippen molar-refractivity contribution >= 4 is 45.2 Å². The summed E-state index contributed by atoms with van der Waals surface area (Å²) in [5.41, 5.74) is 5.10. The van der Waals surface area contributed by atoms with Crippen LogP contribution >= 0.6 is 45.2 Å². The third-order valence-electron chi connectivity index (χ3n) is 3.22. The highest BCUT2D eigenvalue weighted by molar-refractivity contribution is 14.1. The van der Waals surface area contributed by atoms with Gasteiger partial charge in [-0.15, -0.1) is 0 Å². The lowest BCUT2D eigenvalue weighted by molar-refractivity contribution is 1.55. The van der Waals surface area contributed by atoms with Gasteiger partial charge in [-0.05, 0) is 91.7 Å². The van der Waals surface area contributed by atoms with E-state index in [-0.39, 0.29) is 0 Å². The summed E-state index contributed by atoms with van der Waals surface area (Å²) in [6.45, 7) is 0. The summed E-state index contributed by atoms with van der Waals surface area (Å²) < 4.78 is 2.52. The Balaban J connectivity index is 2.19.